The molecule has 6 heteroatoms. The number of fused-ring (bicyclic) bond motifs is 1. The van der Waals surface area contributed by atoms with Crippen LogP contribution < -0.4 is 10.6 Å². The van der Waals surface area contributed by atoms with Crippen LogP contribution in [0.1, 0.15) is 31.4 Å². The number of anilines is 1. The fraction of sp³-hybridized carbons (Fsp3) is 0.333. The third-order valence-corrected chi connectivity index (χ3v) is 5.45. The minimum absolute atomic E-state index is 0.122. The number of rotatable bonds is 7. The minimum Gasteiger partial charge on any atom is -0.374 e. The molecule has 0 spiro atoms. The zero-order valence-corrected chi connectivity index (χ0v) is 16.3. The summed E-state index contributed by atoms with van der Waals surface area (Å²) < 4.78 is 5.58. The van der Waals surface area contributed by atoms with E-state index in [2.05, 4.69) is 10.6 Å². The Morgan fingerprint density at radius 3 is 2.59 bits per heavy atom. The number of ether oxygens (including phenoxy) is 1. The van der Waals surface area contributed by atoms with Gasteiger partial charge in [-0.25, -0.2) is 0 Å². The molecule has 1 heterocycles. The summed E-state index contributed by atoms with van der Waals surface area (Å²) in [6, 6.07) is 15.6. The van der Waals surface area contributed by atoms with Gasteiger partial charge < -0.3 is 15.4 Å². The van der Waals surface area contributed by atoms with E-state index in [1.165, 1.54) is 11.8 Å². The number of benzene rings is 2. The summed E-state index contributed by atoms with van der Waals surface area (Å²) in [5.74, 6) is -0.252. The smallest absolute Gasteiger partial charge is 0.238 e. The Morgan fingerprint density at radius 2 is 1.85 bits per heavy atom. The molecule has 1 aliphatic rings. The molecule has 2 aromatic rings. The number of thioether (sulfide) groups is 1. The maximum Gasteiger partial charge on any atom is 0.238 e. The number of carbonyl (C=O) groups excluding carboxylic acids is 2. The van der Waals surface area contributed by atoms with E-state index in [1.807, 2.05) is 62.4 Å². The van der Waals surface area contributed by atoms with Gasteiger partial charge in [-0.05, 0) is 37.1 Å². The zero-order valence-electron chi connectivity index (χ0n) is 15.5. The molecule has 0 bridgehead atoms. The highest BCUT2D eigenvalue weighted by Gasteiger charge is 2.28. The standard InChI is InChI=1S/C21H24N2O3S/c1-14(2)26-13-16-9-7-15(8-10-16)12-22-20(24)11-19-21(25)23-17-5-3-4-6-18(17)27-19/h3-10,14,19H,11-13H2,1-2H3,(H,22,24)(H,23,25). The molecular formula is C21H24N2O3S. The van der Waals surface area contributed by atoms with Gasteiger partial charge in [-0.15, -0.1) is 11.8 Å². The van der Waals surface area contributed by atoms with Gasteiger partial charge >= 0.3 is 0 Å². The number of hydrogen-bond acceptors (Lipinski definition) is 4. The summed E-state index contributed by atoms with van der Waals surface area (Å²) in [7, 11) is 0. The zero-order chi connectivity index (χ0) is 19.2. The van der Waals surface area contributed by atoms with E-state index in [1.54, 1.807) is 0 Å². The normalized spacial score (nSPS) is 16.0. The third-order valence-electron chi connectivity index (χ3n) is 4.17. The van der Waals surface area contributed by atoms with Crippen LogP contribution in [-0.2, 0) is 27.5 Å². The van der Waals surface area contributed by atoms with Crippen molar-refractivity contribution in [1.29, 1.82) is 0 Å². The highest BCUT2D eigenvalue weighted by atomic mass is 32.2. The third kappa shape index (κ3) is 5.58. The number of carbonyl (C=O) groups is 2. The SMILES string of the molecule is CC(C)OCc1ccc(CNC(=O)CC2Sc3ccccc3NC2=O)cc1. The molecule has 0 saturated carbocycles. The number of hydrogen-bond donors (Lipinski definition) is 2. The molecule has 1 unspecified atom stereocenters. The lowest BCUT2D eigenvalue weighted by molar-refractivity contribution is -0.124. The predicted octanol–water partition coefficient (Wildman–Crippen LogP) is 3.73. The van der Waals surface area contributed by atoms with Crippen LogP contribution in [0.2, 0.25) is 0 Å². The van der Waals surface area contributed by atoms with Gasteiger partial charge in [0.05, 0.1) is 23.6 Å². The first-order valence-electron chi connectivity index (χ1n) is 9.04. The van der Waals surface area contributed by atoms with Gasteiger partial charge in [-0.3, -0.25) is 9.59 Å². The van der Waals surface area contributed by atoms with Crippen molar-refractivity contribution in [2.24, 2.45) is 0 Å². The van der Waals surface area contributed by atoms with Crippen molar-refractivity contribution in [2.75, 3.05) is 5.32 Å². The van der Waals surface area contributed by atoms with E-state index in [0.717, 1.165) is 21.7 Å². The molecule has 0 fully saturated rings. The van der Waals surface area contributed by atoms with Gasteiger partial charge in [0.15, 0.2) is 0 Å². The van der Waals surface area contributed by atoms with Gasteiger partial charge in [0.1, 0.15) is 0 Å². The maximum atomic E-state index is 12.3. The largest absolute Gasteiger partial charge is 0.374 e. The van der Waals surface area contributed by atoms with Crippen LogP contribution in [0.3, 0.4) is 0 Å². The molecule has 27 heavy (non-hydrogen) atoms. The number of para-hydroxylation sites is 1. The van der Waals surface area contributed by atoms with Crippen LogP contribution in [0.4, 0.5) is 5.69 Å². The van der Waals surface area contributed by atoms with Crippen LogP contribution in [-0.4, -0.2) is 23.2 Å². The maximum absolute atomic E-state index is 12.3. The Labute approximate surface area is 163 Å². The summed E-state index contributed by atoms with van der Waals surface area (Å²) >= 11 is 1.44. The van der Waals surface area contributed by atoms with Gasteiger partial charge in [0, 0.05) is 17.9 Å². The van der Waals surface area contributed by atoms with Crippen molar-refractivity contribution in [3.05, 3.63) is 59.7 Å². The Balaban J connectivity index is 1.48. The first kappa shape index (κ1) is 19.5. The minimum atomic E-state index is -0.407. The van der Waals surface area contributed by atoms with Crippen LogP contribution in [0, 0.1) is 0 Å². The van der Waals surface area contributed by atoms with Gasteiger partial charge in [-0.2, -0.15) is 0 Å². The molecule has 2 N–H and O–H groups in total. The van der Waals surface area contributed by atoms with Crippen LogP contribution >= 0.6 is 11.8 Å². The fourth-order valence-electron chi connectivity index (χ4n) is 2.68. The molecular weight excluding hydrogens is 360 g/mol. The summed E-state index contributed by atoms with van der Waals surface area (Å²) in [6.45, 7) is 5.04. The van der Waals surface area contributed by atoms with Crippen molar-refractivity contribution in [1.82, 2.24) is 5.32 Å². The lowest BCUT2D eigenvalue weighted by Gasteiger charge is -2.23. The van der Waals surface area contributed by atoms with Crippen LogP contribution in [0.25, 0.3) is 0 Å². The lowest BCUT2D eigenvalue weighted by Crippen LogP contribution is -2.34. The number of nitrogens with one attached hydrogen (secondary N) is 2. The summed E-state index contributed by atoms with van der Waals surface area (Å²) in [5, 5.41) is 5.35. The summed E-state index contributed by atoms with van der Waals surface area (Å²) in [5.41, 5.74) is 2.93. The number of amides is 2. The lowest BCUT2D eigenvalue weighted by atomic mass is 10.1. The fourth-order valence-corrected chi connectivity index (χ4v) is 3.79. The highest BCUT2D eigenvalue weighted by molar-refractivity contribution is 8.01. The highest BCUT2D eigenvalue weighted by Crippen LogP contribution is 2.36. The second-order valence-electron chi connectivity index (χ2n) is 6.75. The van der Waals surface area contributed by atoms with E-state index in [0.29, 0.717) is 13.2 Å². The molecule has 142 valence electrons. The Morgan fingerprint density at radius 1 is 1.15 bits per heavy atom. The van der Waals surface area contributed by atoms with E-state index in [9.17, 15) is 9.59 Å². The van der Waals surface area contributed by atoms with Crippen molar-refractivity contribution in [2.45, 2.75) is 49.7 Å². The quantitative estimate of drug-likeness (QED) is 0.763. The van der Waals surface area contributed by atoms with Crippen LogP contribution in [0.15, 0.2) is 53.4 Å². The van der Waals surface area contributed by atoms with Crippen LogP contribution in [0.5, 0.6) is 0 Å². The first-order chi connectivity index (χ1) is 13.0. The van der Waals surface area contributed by atoms with E-state index < -0.39 is 5.25 Å². The summed E-state index contributed by atoms with van der Waals surface area (Å²) in [4.78, 5) is 25.4. The second-order valence-corrected chi connectivity index (χ2v) is 7.99. The van der Waals surface area contributed by atoms with Gasteiger partial charge in [-0.1, -0.05) is 36.4 Å². The Bertz CT molecular complexity index is 805. The van der Waals surface area contributed by atoms with Crippen molar-refractivity contribution in [3.63, 3.8) is 0 Å². The monoisotopic (exact) mass is 384 g/mol. The van der Waals surface area contributed by atoms with E-state index >= 15 is 0 Å². The van der Waals surface area contributed by atoms with Gasteiger partial charge in [0.2, 0.25) is 11.8 Å². The topological polar surface area (TPSA) is 67.4 Å². The second kappa shape index (κ2) is 9.06. The molecule has 2 aromatic carbocycles. The van der Waals surface area contributed by atoms with E-state index in [-0.39, 0.29) is 24.3 Å². The van der Waals surface area contributed by atoms with E-state index in [4.69, 9.17) is 4.74 Å². The predicted molar refractivity (Wildman–Crippen MR) is 108 cm³/mol. The molecule has 1 aliphatic heterocycles. The summed E-state index contributed by atoms with van der Waals surface area (Å²) in [6.07, 6.45) is 0.358. The van der Waals surface area contributed by atoms with Crippen molar-refractivity contribution in [3.8, 4) is 0 Å². The molecule has 2 amide bonds. The average molecular weight is 385 g/mol. The molecule has 3 rings (SSSR count). The van der Waals surface area contributed by atoms with Gasteiger partial charge in [0.25, 0.3) is 0 Å². The molecule has 0 saturated heterocycles. The Hall–Kier alpha value is -2.31. The molecule has 0 aromatic heterocycles. The molecule has 0 radical (unpaired) electrons. The van der Waals surface area contributed by atoms with Crippen molar-refractivity contribution < 1.29 is 14.3 Å². The molecule has 1 atom stereocenters. The molecule has 5 nitrogen and oxygen atoms in total. The first-order valence-corrected chi connectivity index (χ1v) is 9.92. The molecule has 0 aliphatic carbocycles. The Kier molecular flexibility index (Phi) is 6.53. The average Bonchev–Trinajstić information content (AvgIpc) is 2.66. The van der Waals surface area contributed by atoms with Crippen molar-refractivity contribution >= 4 is 29.3 Å².